The number of nitrogens with one attached hydrogen (secondary N) is 1. The summed E-state index contributed by atoms with van der Waals surface area (Å²) in [6.07, 6.45) is 11.0. The zero-order valence-corrected chi connectivity index (χ0v) is 22.5. The quantitative estimate of drug-likeness (QED) is 0.556. The fourth-order valence-electron chi connectivity index (χ4n) is 6.29. The van der Waals surface area contributed by atoms with Gasteiger partial charge in [0.1, 0.15) is 6.04 Å². The van der Waals surface area contributed by atoms with E-state index in [1.165, 1.54) is 44.9 Å². The van der Waals surface area contributed by atoms with Gasteiger partial charge in [-0.1, -0.05) is 58.1 Å². The molecule has 1 aliphatic carbocycles. The summed E-state index contributed by atoms with van der Waals surface area (Å²) in [6.45, 7) is 6.98. The van der Waals surface area contributed by atoms with E-state index < -0.39 is 23.5 Å². The van der Waals surface area contributed by atoms with Gasteiger partial charge in [-0.25, -0.2) is 9.78 Å². The number of hydrogen-bond acceptors (Lipinski definition) is 5. The van der Waals surface area contributed by atoms with Crippen molar-refractivity contribution in [3.63, 3.8) is 0 Å². The van der Waals surface area contributed by atoms with E-state index in [9.17, 15) is 19.5 Å². The van der Waals surface area contributed by atoms with E-state index in [0.29, 0.717) is 17.6 Å². The van der Waals surface area contributed by atoms with Crippen LogP contribution in [-0.2, 0) is 4.79 Å². The van der Waals surface area contributed by atoms with E-state index in [1.807, 2.05) is 32.0 Å². The van der Waals surface area contributed by atoms with Crippen LogP contribution >= 0.6 is 0 Å². The molecule has 0 spiro atoms. The summed E-state index contributed by atoms with van der Waals surface area (Å²) >= 11 is 0. The highest BCUT2D eigenvalue weighted by Gasteiger charge is 2.33. The number of amides is 1. The SMILES string of the molecule is CC(C)CC(NC(=O)c1nc2ccccc2n([C@H]2CCN(C3CCCCCCC3)[C@@H](C)C2)c1=O)C(=O)O. The molecule has 2 aliphatic rings. The molecule has 2 aromatic rings. The van der Waals surface area contributed by atoms with Gasteiger partial charge in [-0.3, -0.25) is 14.5 Å². The maximum atomic E-state index is 13.7. The van der Waals surface area contributed by atoms with Crippen molar-refractivity contribution in [3.8, 4) is 0 Å². The molecule has 1 saturated carbocycles. The lowest BCUT2D eigenvalue weighted by atomic mass is 9.90. The fraction of sp³-hybridized carbons (Fsp3) is 0.655. The maximum absolute atomic E-state index is 13.7. The molecule has 1 saturated heterocycles. The molecular weight excluding hydrogens is 468 g/mol. The van der Waals surface area contributed by atoms with Crippen LogP contribution in [0.2, 0.25) is 0 Å². The topological polar surface area (TPSA) is 105 Å². The number of nitrogens with zero attached hydrogens (tertiary/aromatic N) is 3. The monoisotopic (exact) mass is 510 g/mol. The predicted octanol–water partition coefficient (Wildman–Crippen LogP) is 4.76. The van der Waals surface area contributed by atoms with E-state index >= 15 is 0 Å². The average Bonchev–Trinajstić information content (AvgIpc) is 2.83. The van der Waals surface area contributed by atoms with Crippen LogP contribution in [-0.4, -0.2) is 56.1 Å². The Morgan fingerprint density at radius 3 is 2.38 bits per heavy atom. The molecule has 1 unspecified atom stereocenters. The van der Waals surface area contributed by atoms with Crippen molar-refractivity contribution in [1.29, 1.82) is 0 Å². The van der Waals surface area contributed by atoms with Gasteiger partial charge in [-0.15, -0.1) is 0 Å². The van der Waals surface area contributed by atoms with Gasteiger partial charge in [0.25, 0.3) is 11.5 Å². The molecule has 0 bridgehead atoms. The average molecular weight is 511 g/mol. The molecule has 2 fully saturated rings. The first kappa shape index (κ1) is 27.3. The molecule has 202 valence electrons. The van der Waals surface area contributed by atoms with Crippen molar-refractivity contribution < 1.29 is 14.7 Å². The van der Waals surface area contributed by atoms with Crippen molar-refractivity contribution in [2.24, 2.45) is 5.92 Å². The van der Waals surface area contributed by atoms with Gasteiger partial charge in [-0.05, 0) is 57.1 Å². The van der Waals surface area contributed by atoms with Crippen LogP contribution in [0.25, 0.3) is 11.0 Å². The summed E-state index contributed by atoms with van der Waals surface area (Å²) < 4.78 is 1.75. The van der Waals surface area contributed by atoms with E-state index in [-0.39, 0.29) is 24.1 Å². The highest BCUT2D eigenvalue weighted by molar-refractivity contribution is 5.96. The van der Waals surface area contributed by atoms with Crippen LogP contribution in [0, 0.1) is 5.92 Å². The van der Waals surface area contributed by atoms with Crippen LogP contribution in [0.4, 0.5) is 0 Å². The Bertz CT molecular complexity index is 1150. The van der Waals surface area contributed by atoms with Crippen molar-refractivity contribution >= 4 is 22.9 Å². The van der Waals surface area contributed by atoms with Gasteiger partial charge in [0.05, 0.1) is 11.0 Å². The number of carbonyl (C=O) groups excluding carboxylic acids is 1. The molecule has 8 nitrogen and oxygen atoms in total. The number of rotatable bonds is 7. The summed E-state index contributed by atoms with van der Waals surface area (Å²) in [4.78, 5) is 45.7. The maximum Gasteiger partial charge on any atom is 0.326 e. The van der Waals surface area contributed by atoms with Gasteiger partial charge in [0.15, 0.2) is 5.69 Å². The van der Waals surface area contributed by atoms with Crippen LogP contribution < -0.4 is 10.9 Å². The number of piperidine rings is 1. The van der Waals surface area contributed by atoms with Crippen molar-refractivity contribution in [2.45, 2.75) is 109 Å². The third-order valence-corrected chi connectivity index (χ3v) is 8.13. The highest BCUT2D eigenvalue weighted by atomic mass is 16.4. The number of carboxylic acids is 1. The zero-order valence-electron chi connectivity index (χ0n) is 22.5. The van der Waals surface area contributed by atoms with Gasteiger partial charge < -0.3 is 15.0 Å². The molecule has 2 N–H and O–H groups in total. The Hall–Kier alpha value is -2.74. The van der Waals surface area contributed by atoms with Crippen molar-refractivity contribution in [1.82, 2.24) is 19.8 Å². The minimum absolute atomic E-state index is 0.0438. The summed E-state index contributed by atoms with van der Waals surface area (Å²) in [5.41, 5.74) is 0.612. The molecule has 1 aromatic heterocycles. The Morgan fingerprint density at radius 2 is 1.73 bits per heavy atom. The first-order valence-electron chi connectivity index (χ1n) is 14.1. The van der Waals surface area contributed by atoms with Crippen LogP contribution in [0.1, 0.15) is 102 Å². The van der Waals surface area contributed by atoms with E-state index in [2.05, 4.69) is 22.1 Å². The largest absolute Gasteiger partial charge is 0.480 e. The Labute approximate surface area is 219 Å². The molecule has 3 atom stereocenters. The second kappa shape index (κ2) is 12.2. The molecule has 1 aromatic carbocycles. The number of benzene rings is 1. The molecule has 8 heteroatoms. The number of likely N-dealkylation sites (tertiary alicyclic amines) is 1. The minimum Gasteiger partial charge on any atom is -0.480 e. The smallest absolute Gasteiger partial charge is 0.326 e. The number of aliphatic carboxylic acids is 1. The van der Waals surface area contributed by atoms with E-state index in [1.54, 1.807) is 10.6 Å². The summed E-state index contributed by atoms with van der Waals surface area (Å²) in [5, 5.41) is 12.1. The summed E-state index contributed by atoms with van der Waals surface area (Å²) in [5.74, 6) is -1.76. The third-order valence-electron chi connectivity index (χ3n) is 8.13. The lowest BCUT2D eigenvalue weighted by molar-refractivity contribution is -0.139. The number of carboxylic acid groups (broad SMARTS) is 1. The van der Waals surface area contributed by atoms with Crippen LogP contribution in [0.15, 0.2) is 29.1 Å². The van der Waals surface area contributed by atoms with Crippen molar-refractivity contribution in [2.75, 3.05) is 6.54 Å². The molecular formula is C29H42N4O4. The first-order chi connectivity index (χ1) is 17.8. The van der Waals surface area contributed by atoms with Gasteiger partial charge >= 0.3 is 5.97 Å². The number of para-hydroxylation sites is 2. The number of carbonyl (C=O) groups is 2. The third kappa shape index (κ3) is 6.40. The minimum atomic E-state index is -1.11. The lowest BCUT2D eigenvalue weighted by Crippen LogP contribution is -2.49. The molecule has 0 radical (unpaired) electrons. The van der Waals surface area contributed by atoms with Gasteiger partial charge in [-0.2, -0.15) is 0 Å². The normalized spacial score (nSPS) is 22.9. The molecule has 2 heterocycles. The van der Waals surface area contributed by atoms with Crippen LogP contribution in [0.3, 0.4) is 0 Å². The van der Waals surface area contributed by atoms with E-state index in [0.717, 1.165) is 24.9 Å². The number of hydrogen-bond donors (Lipinski definition) is 2. The zero-order chi connectivity index (χ0) is 26.5. The summed E-state index contributed by atoms with van der Waals surface area (Å²) in [7, 11) is 0. The second-order valence-electron chi connectivity index (χ2n) is 11.4. The fourth-order valence-corrected chi connectivity index (χ4v) is 6.29. The first-order valence-corrected chi connectivity index (χ1v) is 14.1. The highest BCUT2D eigenvalue weighted by Crippen LogP contribution is 2.33. The Kier molecular flexibility index (Phi) is 9.00. The molecule has 4 rings (SSSR count). The molecule has 1 amide bonds. The van der Waals surface area contributed by atoms with Crippen LogP contribution in [0.5, 0.6) is 0 Å². The molecule has 37 heavy (non-hydrogen) atoms. The van der Waals surface area contributed by atoms with Gasteiger partial charge in [0, 0.05) is 24.7 Å². The number of aromatic nitrogens is 2. The summed E-state index contributed by atoms with van der Waals surface area (Å²) in [6, 6.07) is 7.24. The van der Waals surface area contributed by atoms with E-state index in [4.69, 9.17) is 0 Å². The van der Waals surface area contributed by atoms with Gasteiger partial charge in [0.2, 0.25) is 0 Å². The standard InChI is InChI=1S/C29H42N4O4/c1-19(2)17-24(29(36)37)31-27(34)26-28(35)33(25-14-10-9-13-23(25)30-26)22-15-16-32(20(3)18-22)21-11-7-5-4-6-8-12-21/h9-10,13-14,19-22,24H,4-8,11-12,15-18H2,1-3H3,(H,31,34)(H,36,37)/t20-,22-,24?/m0/s1. The predicted molar refractivity (Wildman–Crippen MR) is 145 cm³/mol. The second-order valence-corrected chi connectivity index (χ2v) is 11.4. The van der Waals surface area contributed by atoms with Crippen molar-refractivity contribution in [3.05, 3.63) is 40.3 Å². The lowest BCUT2D eigenvalue weighted by Gasteiger charge is -2.43. The Balaban J connectivity index is 1.61. The Morgan fingerprint density at radius 1 is 1.05 bits per heavy atom. The number of fused-ring (bicyclic) bond motifs is 1. The molecule has 1 aliphatic heterocycles.